The van der Waals surface area contributed by atoms with Gasteiger partial charge in [-0.25, -0.2) is 0 Å². The molecule has 2 aliphatic heterocycles. The Labute approximate surface area is 168 Å². The summed E-state index contributed by atoms with van der Waals surface area (Å²) in [5.74, 6) is -0.412. The maximum atomic E-state index is 13.0. The van der Waals surface area contributed by atoms with Crippen LogP contribution in [-0.4, -0.2) is 61.2 Å². The lowest BCUT2D eigenvalue weighted by molar-refractivity contribution is -0.154. The average Bonchev–Trinajstić information content (AvgIpc) is 3.35. The molecule has 2 aromatic rings. The minimum absolute atomic E-state index is 0.0548. The van der Waals surface area contributed by atoms with Gasteiger partial charge < -0.3 is 9.80 Å². The Balaban J connectivity index is 1.40. The van der Waals surface area contributed by atoms with Crippen molar-refractivity contribution >= 4 is 23.2 Å². The maximum absolute atomic E-state index is 13.0. The molecule has 2 fully saturated rings. The highest BCUT2D eigenvalue weighted by molar-refractivity contribution is 7.11. The van der Waals surface area contributed by atoms with Crippen molar-refractivity contribution in [2.45, 2.75) is 51.0 Å². The monoisotopic (exact) mass is 402 g/mol. The van der Waals surface area contributed by atoms with Gasteiger partial charge in [0.15, 0.2) is 0 Å². The highest BCUT2D eigenvalue weighted by Gasteiger charge is 2.36. The Morgan fingerprint density at radius 3 is 2.50 bits per heavy atom. The molecule has 2 aliphatic rings. The van der Waals surface area contributed by atoms with Crippen molar-refractivity contribution < 1.29 is 9.59 Å². The number of amides is 2. The molecule has 2 saturated heterocycles. The lowest BCUT2D eigenvalue weighted by Gasteiger charge is -2.37. The molecule has 0 spiro atoms. The lowest BCUT2D eigenvalue weighted by atomic mass is 9.96. The molecule has 8 nitrogen and oxygen atoms in total. The highest BCUT2D eigenvalue weighted by atomic mass is 32.1. The molecule has 2 amide bonds. The fourth-order valence-electron chi connectivity index (χ4n) is 4.20. The molecule has 0 radical (unpaired) electrons. The van der Waals surface area contributed by atoms with E-state index in [4.69, 9.17) is 0 Å². The van der Waals surface area contributed by atoms with E-state index in [1.807, 2.05) is 20.2 Å². The van der Waals surface area contributed by atoms with Gasteiger partial charge >= 0.3 is 11.8 Å². The Morgan fingerprint density at radius 2 is 1.86 bits per heavy atom. The first-order valence-corrected chi connectivity index (χ1v) is 10.7. The fourth-order valence-corrected chi connectivity index (χ4v) is 5.07. The minimum atomic E-state index is -0.376. The summed E-state index contributed by atoms with van der Waals surface area (Å²) >= 11 is 1.62. The minimum Gasteiger partial charge on any atom is -0.334 e. The molecule has 2 aromatic heterocycles. The van der Waals surface area contributed by atoms with Crippen molar-refractivity contribution in [3.63, 3.8) is 0 Å². The third-order valence-electron chi connectivity index (χ3n) is 5.73. The fraction of sp³-hybridized carbons (Fsp3) is 0.632. The van der Waals surface area contributed by atoms with Crippen molar-refractivity contribution in [2.75, 3.05) is 19.6 Å². The number of aryl methyl sites for hydroxylation is 2. The second kappa shape index (κ2) is 7.98. The van der Waals surface area contributed by atoms with Gasteiger partial charge in [0.2, 0.25) is 0 Å². The van der Waals surface area contributed by atoms with Gasteiger partial charge in [0.25, 0.3) is 0 Å². The van der Waals surface area contributed by atoms with Crippen LogP contribution in [0.2, 0.25) is 0 Å². The normalized spacial score (nSPS) is 21.1. The first-order chi connectivity index (χ1) is 13.5. The summed E-state index contributed by atoms with van der Waals surface area (Å²) in [7, 11) is 1.87. The van der Waals surface area contributed by atoms with Gasteiger partial charge in [-0.3, -0.25) is 14.3 Å². The molecule has 4 rings (SSSR count). The Bertz CT molecular complexity index is 854. The summed E-state index contributed by atoms with van der Waals surface area (Å²) in [4.78, 5) is 29.4. The van der Waals surface area contributed by atoms with Crippen molar-refractivity contribution in [3.8, 4) is 0 Å². The van der Waals surface area contributed by atoms with Crippen molar-refractivity contribution in [2.24, 2.45) is 7.05 Å². The van der Waals surface area contributed by atoms with Gasteiger partial charge in [-0.05, 0) is 39.0 Å². The Hall–Kier alpha value is -2.29. The second-order valence-corrected chi connectivity index (χ2v) is 8.90. The zero-order chi connectivity index (χ0) is 19.7. The molecular weight excluding hydrogens is 376 g/mol. The molecule has 28 heavy (non-hydrogen) atoms. The van der Waals surface area contributed by atoms with Crippen LogP contribution in [0.5, 0.6) is 0 Å². The van der Waals surface area contributed by atoms with Crippen molar-refractivity contribution in [3.05, 3.63) is 28.0 Å². The Morgan fingerprint density at radius 1 is 1.07 bits per heavy atom. The van der Waals surface area contributed by atoms with Crippen LogP contribution < -0.4 is 0 Å². The number of aromatic nitrogens is 4. The number of piperidine rings is 2. The first kappa shape index (κ1) is 19.0. The van der Waals surface area contributed by atoms with E-state index in [1.54, 1.807) is 32.0 Å². The highest BCUT2D eigenvalue weighted by Crippen LogP contribution is 2.32. The molecular formula is C19H26N6O2S. The van der Waals surface area contributed by atoms with Crippen molar-refractivity contribution in [1.29, 1.82) is 0 Å². The quantitative estimate of drug-likeness (QED) is 0.718. The molecule has 0 bridgehead atoms. The van der Waals surface area contributed by atoms with Gasteiger partial charge in [-0.15, -0.1) is 21.5 Å². The molecule has 0 aromatic carbocycles. The largest absolute Gasteiger partial charge is 0.334 e. The summed E-state index contributed by atoms with van der Waals surface area (Å²) < 4.78 is 1.74. The van der Waals surface area contributed by atoms with E-state index in [0.717, 1.165) is 47.7 Å². The molecule has 4 heterocycles. The summed E-state index contributed by atoms with van der Waals surface area (Å²) in [5, 5.41) is 14.6. The van der Waals surface area contributed by atoms with Crippen molar-refractivity contribution in [1.82, 2.24) is 29.8 Å². The van der Waals surface area contributed by atoms with Crippen LogP contribution in [0.4, 0.5) is 0 Å². The first-order valence-electron chi connectivity index (χ1n) is 9.91. The summed E-state index contributed by atoms with van der Waals surface area (Å²) in [5.41, 5.74) is 1.01. The van der Waals surface area contributed by atoms with Crippen LogP contribution in [0.25, 0.3) is 0 Å². The van der Waals surface area contributed by atoms with Gasteiger partial charge in [0.05, 0.1) is 12.2 Å². The van der Waals surface area contributed by atoms with E-state index in [-0.39, 0.29) is 17.9 Å². The Kier molecular flexibility index (Phi) is 5.43. The van der Waals surface area contributed by atoms with Crippen LogP contribution >= 0.6 is 11.3 Å². The summed E-state index contributed by atoms with van der Waals surface area (Å²) in [6.07, 6.45) is 8.29. The predicted molar refractivity (Wildman–Crippen MR) is 105 cm³/mol. The van der Waals surface area contributed by atoms with Gasteiger partial charge in [-0.1, -0.05) is 0 Å². The number of carbonyl (C=O) groups excluding carboxylic acids is 2. The average molecular weight is 403 g/mol. The van der Waals surface area contributed by atoms with E-state index in [1.165, 1.54) is 0 Å². The van der Waals surface area contributed by atoms with E-state index in [2.05, 4.69) is 15.3 Å². The van der Waals surface area contributed by atoms with E-state index >= 15 is 0 Å². The number of rotatable bonds is 2. The third kappa shape index (κ3) is 3.80. The van der Waals surface area contributed by atoms with Crippen LogP contribution in [0.1, 0.15) is 59.6 Å². The van der Waals surface area contributed by atoms with Gasteiger partial charge in [-0.2, -0.15) is 5.10 Å². The SMILES string of the molecule is Cc1nnc(C2CCN(C(=O)C(=O)N3CCCCC3c3cnn(C)c3)CC2)s1. The topological polar surface area (TPSA) is 84.2 Å². The standard InChI is InChI=1S/C19H26N6O2S/c1-13-21-22-17(28-13)14-6-9-24(10-7-14)18(26)19(27)25-8-4-3-5-16(25)15-11-20-23(2)12-15/h11-12,14,16H,3-10H2,1-2H3. The number of hydrogen-bond donors (Lipinski definition) is 0. The van der Waals surface area contributed by atoms with Crippen LogP contribution in [0.3, 0.4) is 0 Å². The number of hydrogen-bond acceptors (Lipinski definition) is 6. The molecule has 1 atom stereocenters. The maximum Gasteiger partial charge on any atom is 0.312 e. The zero-order valence-electron chi connectivity index (χ0n) is 16.4. The third-order valence-corrected chi connectivity index (χ3v) is 6.73. The molecule has 0 saturated carbocycles. The lowest BCUT2D eigenvalue weighted by Crippen LogP contribution is -2.49. The smallest absolute Gasteiger partial charge is 0.312 e. The van der Waals surface area contributed by atoms with E-state index in [9.17, 15) is 9.59 Å². The van der Waals surface area contributed by atoms with Gasteiger partial charge in [0, 0.05) is 44.4 Å². The number of nitrogens with zero attached hydrogens (tertiary/aromatic N) is 6. The second-order valence-electron chi connectivity index (χ2n) is 7.68. The predicted octanol–water partition coefficient (Wildman–Crippen LogP) is 2.04. The molecule has 9 heteroatoms. The molecule has 0 N–H and O–H groups in total. The number of likely N-dealkylation sites (tertiary alicyclic amines) is 2. The molecule has 150 valence electrons. The van der Waals surface area contributed by atoms with Crippen LogP contribution in [0.15, 0.2) is 12.4 Å². The van der Waals surface area contributed by atoms with Gasteiger partial charge in [0.1, 0.15) is 10.0 Å². The van der Waals surface area contributed by atoms with Crippen LogP contribution in [-0.2, 0) is 16.6 Å². The summed E-state index contributed by atoms with van der Waals surface area (Å²) in [6.45, 7) is 3.78. The summed E-state index contributed by atoms with van der Waals surface area (Å²) in [6, 6.07) is -0.0548. The van der Waals surface area contributed by atoms with E-state index < -0.39 is 0 Å². The number of carbonyl (C=O) groups is 2. The molecule has 1 unspecified atom stereocenters. The van der Waals surface area contributed by atoms with Crippen LogP contribution in [0, 0.1) is 6.92 Å². The zero-order valence-corrected chi connectivity index (χ0v) is 17.2. The molecule has 0 aliphatic carbocycles. The van der Waals surface area contributed by atoms with E-state index in [0.29, 0.717) is 25.6 Å².